The van der Waals surface area contributed by atoms with E-state index in [4.69, 9.17) is 0 Å². The van der Waals surface area contributed by atoms with Crippen LogP contribution in [0.2, 0.25) is 0 Å². The zero-order valence-corrected chi connectivity index (χ0v) is 14.5. The molecule has 1 fully saturated rings. The molecule has 1 aromatic carbocycles. The molecule has 0 saturated carbocycles. The number of halogens is 1. The fourth-order valence-corrected chi connectivity index (χ4v) is 2.90. The fraction of sp³-hybridized carbons (Fsp3) is 0.467. The molecule has 0 spiro atoms. The number of carbonyl (C=O) groups excluding carboxylic acids is 2. The molecule has 21 heavy (non-hydrogen) atoms. The number of rotatable bonds is 3. The van der Waals surface area contributed by atoms with Crippen LogP contribution in [0.15, 0.2) is 18.2 Å². The van der Waals surface area contributed by atoms with Gasteiger partial charge in [-0.15, -0.1) is 0 Å². The Kier molecular flexibility index (Phi) is 5.58. The Morgan fingerprint density at radius 2 is 2.00 bits per heavy atom. The highest BCUT2D eigenvalue weighted by atomic mass is 127. The van der Waals surface area contributed by atoms with Gasteiger partial charge in [-0.25, -0.2) is 0 Å². The Morgan fingerprint density at radius 1 is 1.33 bits per heavy atom. The van der Waals surface area contributed by atoms with E-state index in [1.165, 1.54) is 4.90 Å². The SMILES string of the molecule is Cc1cccc(C(=O)N(C)CC(=O)N2CCNCC2)c1I. The highest BCUT2D eigenvalue weighted by Crippen LogP contribution is 2.18. The van der Waals surface area contributed by atoms with Crippen LogP contribution in [0.25, 0.3) is 0 Å². The number of nitrogens with zero attached hydrogens (tertiary/aromatic N) is 2. The van der Waals surface area contributed by atoms with Crippen LogP contribution < -0.4 is 5.32 Å². The Bertz CT molecular complexity index is 542. The van der Waals surface area contributed by atoms with Gasteiger partial charge in [0.2, 0.25) is 5.91 Å². The molecule has 0 aliphatic carbocycles. The van der Waals surface area contributed by atoms with E-state index in [1.807, 2.05) is 30.0 Å². The Morgan fingerprint density at radius 3 is 2.67 bits per heavy atom. The minimum Gasteiger partial charge on any atom is -0.339 e. The minimum atomic E-state index is -0.105. The van der Waals surface area contributed by atoms with E-state index in [9.17, 15) is 9.59 Å². The number of hydrogen-bond acceptors (Lipinski definition) is 3. The van der Waals surface area contributed by atoms with Crippen LogP contribution in [-0.2, 0) is 4.79 Å². The summed E-state index contributed by atoms with van der Waals surface area (Å²) in [6, 6.07) is 5.66. The van der Waals surface area contributed by atoms with Crippen LogP contribution in [0.5, 0.6) is 0 Å². The molecule has 2 amide bonds. The summed E-state index contributed by atoms with van der Waals surface area (Å²) in [6.45, 7) is 5.16. The van der Waals surface area contributed by atoms with Crippen molar-refractivity contribution in [1.82, 2.24) is 15.1 Å². The molecular weight excluding hydrogens is 381 g/mol. The van der Waals surface area contributed by atoms with Crippen molar-refractivity contribution >= 4 is 34.4 Å². The maximum atomic E-state index is 12.5. The van der Waals surface area contributed by atoms with Crippen LogP contribution >= 0.6 is 22.6 Å². The number of aryl methyl sites for hydroxylation is 1. The smallest absolute Gasteiger partial charge is 0.255 e. The van der Waals surface area contributed by atoms with Crippen molar-refractivity contribution in [3.8, 4) is 0 Å². The van der Waals surface area contributed by atoms with E-state index >= 15 is 0 Å². The Labute approximate surface area is 138 Å². The third-order valence-corrected chi connectivity index (χ3v) is 5.04. The van der Waals surface area contributed by atoms with Gasteiger partial charge in [-0.3, -0.25) is 9.59 Å². The first-order chi connectivity index (χ1) is 10.0. The van der Waals surface area contributed by atoms with E-state index in [0.717, 1.165) is 22.2 Å². The first-order valence-corrected chi connectivity index (χ1v) is 8.07. The van der Waals surface area contributed by atoms with Crippen molar-refractivity contribution in [2.45, 2.75) is 6.92 Å². The summed E-state index contributed by atoms with van der Waals surface area (Å²) >= 11 is 2.18. The molecule has 1 aliphatic rings. The number of carbonyl (C=O) groups is 2. The molecule has 5 nitrogen and oxygen atoms in total. The number of amides is 2. The van der Waals surface area contributed by atoms with Crippen LogP contribution in [-0.4, -0.2) is 61.4 Å². The van der Waals surface area contributed by atoms with Gasteiger partial charge in [-0.2, -0.15) is 0 Å². The molecule has 0 radical (unpaired) electrons. The lowest BCUT2D eigenvalue weighted by atomic mass is 10.1. The fourth-order valence-electron chi connectivity index (χ4n) is 2.31. The number of piperazine rings is 1. The third-order valence-electron chi connectivity index (χ3n) is 3.61. The van der Waals surface area contributed by atoms with E-state index in [0.29, 0.717) is 18.7 Å². The average molecular weight is 401 g/mol. The third kappa shape index (κ3) is 3.94. The normalized spacial score (nSPS) is 14.9. The van der Waals surface area contributed by atoms with Crippen molar-refractivity contribution in [2.75, 3.05) is 39.8 Å². The highest BCUT2D eigenvalue weighted by Gasteiger charge is 2.22. The molecule has 6 heteroatoms. The molecule has 0 atom stereocenters. The molecule has 2 rings (SSSR count). The molecule has 1 aromatic rings. The number of nitrogens with one attached hydrogen (secondary N) is 1. The molecule has 0 bridgehead atoms. The summed E-state index contributed by atoms with van der Waals surface area (Å²) < 4.78 is 0.946. The second-order valence-electron chi connectivity index (χ2n) is 5.23. The first kappa shape index (κ1) is 16.2. The van der Waals surface area contributed by atoms with E-state index in [1.54, 1.807) is 7.05 Å². The largest absolute Gasteiger partial charge is 0.339 e. The van der Waals surface area contributed by atoms with Gasteiger partial charge < -0.3 is 15.1 Å². The average Bonchev–Trinajstić information content (AvgIpc) is 2.50. The summed E-state index contributed by atoms with van der Waals surface area (Å²) in [7, 11) is 1.68. The van der Waals surface area contributed by atoms with Crippen molar-refractivity contribution in [3.05, 3.63) is 32.9 Å². The van der Waals surface area contributed by atoms with E-state index in [2.05, 4.69) is 27.9 Å². The lowest BCUT2D eigenvalue weighted by Crippen LogP contribution is -2.49. The second kappa shape index (κ2) is 7.22. The maximum absolute atomic E-state index is 12.5. The molecule has 114 valence electrons. The lowest BCUT2D eigenvalue weighted by molar-refractivity contribution is -0.132. The summed E-state index contributed by atoms with van der Waals surface area (Å²) in [5.74, 6) is -0.0957. The monoisotopic (exact) mass is 401 g/mol. The lowest BCUT2D eigenvalue weighted by Gasteiger charge is -2.29. The van der Waals surface area contributed by atoms with Crippen LogP contribution in [0.4, 0.5) is 0 Å². The minimum absolute atomic E-state index is 0.00927. The van der Waals surface area contributed by atoms with Gasteiger partial charge in [0, 0.05) is 36.8 Å². The summed E-state index contributed by atoms with van der Waals surface area (Å²) in [5.41, 5.74) is 1.73. The summed E-state index contributed by atoms with van der Waals surface area (Å²) in [5, 5.41) is 3.21. The van der Waals surface area contributed by atoms with Crippen molar-refractivity contribution in [1.29, 1.82) is 0 Å². The summed E-state index contributed by atoms with van der Waals surface area (Å²) in [6.07, 6.45) is 0. The van der Waals surface area contributed by atoms with E-state index < -0.39 is 0 Å². The van der Waals surface area contributed by atoms with Gasteiger partial charge in [0.1, 0.15) is 0 Å². The number of benzene rings is 1. The topological polar surface area (TPSA) is 52.7 Å². The molecule has 0 aromatic heterocycles. The maximum Gasteiger partial charge on any atom is 0.255 e. The standard InChI is InChI=1S/C15H20IN3O2/c1-11-4-3-5-12(14(11)16)15(21)18(2)10-13(20)19-8-6-17-7-9-19/h3-5,17H,6-10H2,1-2H3. The Hall–Kier alpha value is -1.15. The summed E-state index contributed by atoms with van der Waals surface area (Å²) in [4.78, 5) is 28.0. The quantitative estimate of drug-likeness (QED) is 0.773. The zero-order valence-electron chi connectivity index (χ0n) is 12.4. The predicted octanol–water partition coefficient (Wildman–Crippen LogP) is 1.10. The molecule has 0 unspecified atom stereocenters. The molecule has 1 aliphatic heterocycles. The molecule has 1 N–H and O–H groups in total. The number of hydrogen-bond donors (Lipinski definition) is 1. The van der Waals surface area contributed by atoms with Gasteiger partial charge in [0.25, 0.3) is 5.91 Å². The van der Waals surface area contributed by atoms with Gasteiger partial charge in [0.15, 0.2) is 0 Å². The van der Waals surface area contributed by atoms with Gasteiger partial charge >= 0.3 is 0 Å². The molecular formula is C15H20IN3O2. The zero-order chi connectivity index (χ0) is 15.4. The van der Waals surface area contributed by atoms with Crippen LogP contribution in [0.1, 0.15) is 15.9 Å². The Balaban J connectivity index is 2.02. The highest BCUT2D eigenvalue weighted by molar-refractivity contribution is 14.1. The first-order valence-electron chi connectivity index (χ1n) is 7.00. The van der Waals surface area contributed by atoms with Gasteiger partial charge in [-0.1, -0.05) is 12.1 Å². The predicted molar refractivity (Wildman–Crippen MR) is 90.3 cm³/mol. The molecule has 1 heterocycles. The number of likely N-dealkylation sites (N-methyl/N-ethyl adjacent to an activating group) is 1. The van der Waals surface area contributed by atoms with Crippen molar-refractivity contribution < 1.29 is 9.59 Å². The van der Waals surface area contributed by atoms with Crippen molar-refractivity contribution in [2.24, 2.45) is 0 Å². The molecule has 1 saturated heterocycles. The van der Waals surface area contributed by atoms with Crippen LogP contribution in [0.3, 0.4) is 0 Å². The second-order valence-corrected chi connectivity index (χ2v) is 6.31. The van der Waals surface area contributed by atoms with Gasteiger partial charge in [0.05, 0.1) is 12.1 Å². The van der Waals surface area contributed by atoms with E-state index in [-0.39, 0.29) is 18.4 Å². The van der Waals surface area contributed by atoms with Gasteiger partial charge in [-0.05, 0) is 41.1 Å². The van der Waals surface area contributed by atoms with Crippen molar-refractivity contribution in [3.63, 3.8) is 0 Å². The van der Waals surface area contributed by atoms with Crippen LogP contribution in [0, 0.1) is 10.5 Å².